The molecule has 0 radical (unpaired) electrons. The molecule has 146 valence electrons. The van der Waals surface area contributed by atoms with Crippen molar-refractivity contribution in [1.29, 1.82) is 0 Å². The fraction of sp³-hybridized carbons (Fsp3) is 0.524. The number of H-pyrrole nitrogens is 1. The number of halogens is 1. The van der Waals surface area contributed by atoms with Gasteiger partial charge in [-0.05, 0) is 51.8 Å². The van der Waals surface area contributed by atoms with Crippen LogP contribution in [0.5, 0.6) is 0 Å². The predicted octanol–water partition coefficient (Wildman–Crippen LogP) is 3.22. The van der Waals surface area contributed by atoms with Crippen molar-refractivity contribution in [1.82, 2.24) is 20.0 Å². The number of aryl methyl sites for hydroxylation is 2. The van der Waals surface area contributed by atoms with Crippen LogP contribution in [0.15, 0.2) is 24.3 Å². The minimum atomic E-state index is -0.242. The standard InChI is InChI=1S/C21H29FN4O/c1-15-19(16(2)24-23-15)11-12-25(3)18-8-9-21(27)26(13-10-18)14-17-6-4-5-7-20(17)22/h4-7,18H,8-14H2,1-3H3,(H,23,24). The van der Waals surface area contributed by atoms with E-state index < -0.39 is 0 Å². The van der Waals surface area contributed by atoms with Gasteiger partial charge in [0.15, 0.2) is 0 Å². The predicted molar refractivity (Wildman–Crippen MR) is 104 cm³/mol. The molecule has 5 nitrogen and oxygen atoms in total. The normalized spacial score (nSPS) is 18.2. The molecule has 0 saturated carbocycles. The summed E-state index contributed by atoms with van der Waals surface area (Å²) in [5.74, 6) is -0.121. The van der Waals surface area contributed by atoms with Crippen LogP contribution in [-0.4, -0.2) is 52.1 Å². The molecule has 1 fully saturated rings. The molecular formula is C21H29FN4O. The number of aromatic amines is 1. The first-order valence-electron chi connectivity index (χ1n) is 9.67. The fourth-order valence-corrected chi connectivity index (χ4v) is 3.88. The zero-order valence-electron chi connectivity index (χ0n) is 16.5. The first-order valence-corrected chi connectivity index (χ1v) is 9.67. The molecule has 2 aromatic rings. The van der Waals surface area contributed by atoms with Crippen LogP contribution >= 0.6 is 0 Å². The molecule has 27 heavy (non-hydrogen) atoms. The van der Waals surface area contributed by atoms with Crippen molar-refractivity contribution in [2.45, 2.75) is 52.1 Å². The van der Waals surface area contributed by atoms with Crippen LogP contribution in [0.1, 0.15) is 41.8 Å². The number of hydrogen-bond acceptors (Lipinski definition) is 3. The summed E-state index contributed by atoms with van der Waals surface area (Å²) in [4.78, 5) is 16.7. The number of nitrogens with zero attached hydrogens (tertiary/aromatic N) is 3. The van der Waals surface area contributed by atoms with Gasteiger partial charge in [-0.25, -0.2) is 4.39 Å². The van der Waals surface area contributed by atoms with E-state index in [4.69, 9.17) is 0 Å². The summed E-state index contributed by atoms with van der Waals surface area (Å²) in [6.07, 6.45) is 3.24. The maximum Gasteiger partial charge on any atom is 0.222 e. The van der Waals surface area contributed by atoms with Gasteiger partial charge in [-0.1, -0.05) is 18.2 Å². The first kappa shape index (κ1) is 19.5. The summed E-state index contributed by atoms with van der Waals surface area (Å²) in [5.41, 5.74) is 4.07. The molecule has 1 N–H and O–H groups in total. The Morgan fingerprint density at radius 3 is 2.78 bits per heavy atom. The molecule has 0 spiro atoms. The van der Waals surface area contributed by atoms with E-state index in [9.17, 15) is 9.18 Å². The summed E-state index contributed by atoms with van der Waals surface area (Å²) in [5, 5.41) is 7.30. The van der Waals surface area contributed by atoms with E-state index in [1.807, 2.05) is 13.0 Å². The second-order valence-corrected chi connectivity index (χ2v) is 7.53. The largest absolute Gasteiger partial charge is 0.338 e. The van der Waals surface area contributed by atoms with Crippen LogP contribution in [0.4, 0.5) is 4.39 Å². The van der Waals surface area contributed by atoms with Gasteiger partial charge in [0, 0.05) is 43.4 Å². The van der Waals surface area contributed by atoms with Crippen molar-refractivity contribution >= 4 is 5.91 Å². The number of benzene rings is 1. The summed E-state index contributed by atoms with van der Waals surface area (Å²) in [6.45, 7) is 6.05. The maximum absolute atomic E-state index is 13.9. The molecule has 1 aliphatic heterocycles. The Bertz CT molecular complexity index is 769. The van der Waals surface area contributed by atoms with Crippen molar-refractivity contribution < 1.29 is 9.18 Å². The third kappa shape index (κ3) is 4.75. The number of carbonyl (C=O) groups excluding carboxylic acids is 1. The molecule has 6 heteroatoms. The van der Waals surface area contributed by atoms with Gasteiger partial charge in [0.1, 0.15) is 5.82 Å². The highest BCUT2D eigenvalue weighted by Crippen LogP contribution is 2.20. The number of rotatable bonds is 6. The Hall–Kier alpha value is -2.21. The highest BCUT2D eigenvalue weighted by Gasteiger charge is 2.25. The van der Waals surface area contributed by atoms with E-state index in [-0.39, 0.29) is 11.7 Å². The van der Waals surface area contributed by atoms with Gasteiger partial charge in [0.05, 0.1) is 5.69 Å². The Morgan fingerprint density at radius 1 is 1.30 bits per heavy atom. The average Bonchev–Trinajstić information content (AvgIpc) is 2.85. The van der Waals surface area contributed by atoms with Gasteiger partial charge in [0.2, 0.25) is 5.91 Å². The van der Waals surface area contributed by atoms with E-state index in [2.05, 4.69) is 29.1 Å². The van der Waals surface area contributed by atoms with Gasteiger partial charge in [0.25, 0.3) is 0 Å². The fourth-order valence-electron chi connectivity index (χ4n) is 3.88. The van der Waals surface area contributed by atoms with Gasteiger partial charge in [-0.3, -0.25) is 9.89 Å². The summed E-state index contributed by atoms with van der Waals surface area (Å²) < 4.78 is 13.9. The molecule has 1 aromatic heterocycles. The lowest BCUT2D eigenvalue weighted by Crippen LogP contribution is -2.35. The van der Waals surface area contributed by atoms with Gasteiger partial charge in [-0.2, -0.15) is 5.10 Å². The second kappa shape index (κ2) is 8.65. The van der Waals surface area contributed by atoms with Gasteiger partial charge >= 0.3 is 0 Å². The summed E-state index contributed by atoms with van der Waals surface area (Å²) in [7, 11) is 2.13. The summed E-state index contributed by atoms with van der Waals surface area (Å²) >= 11 is 0. The smallest absolute Gasteiger partial charge is 0.222 e. The lowest BCUT2D eigenvalue weighted by molar-refractivity contribution is -0.131. The number of carbonyl (C=O) groups is 1. The van der Waals surface area contributed by atoms with Crippen molar-refractivity contribution in [3.05, 3.63) is 52.6 Å². The molecule has 1 unspecified atom stereocenters. The molecule has 3 rings (SSSR count). The van der Waals surface area contributed by atoms with Crippen molar-refractivity contribution in [2.75, 3.05) is 20.1 Å². The zero-order chi connectivity index (χ0) is 19.4. The number of aromatic nitrogens is 2. The Balaban J connectivity index is 1.56. The maximum atomic E-state index is 13.9. The molecule has 0 bridgehead atoms. The molecule has 0 aliphatic carbocycles. The molecule has 1 aromatic carbocycles. The Morgan fingerprint density at radius 2 is 2.07 bits per heavy atom. The zero-order valence-corrected chi connectivity index (χ0v) is 16.5. The van der Waals surface area contributed by atoms with Gasteiger partial charge < -0.3 is 9.80 Å². The van der Waals surface area contributed by atoms with Crippen LogP contribution in [0.3, 0.4) is 0 Å². The quantitative estimate of drug-likeness (QED) is 0.847. The summed E-state index contributed by atoms with van der Waals surface area (Å²) in [6, 6.07) is 7.07. The average molecular weight is 372 g/mol. The topological polar surface area (TPSA) is 52.2 Å². The molecule has 1 atom stereocenters. The van der Waals surface area contributed by atoms with E-state index in [0.29, 0.717) is 31.1 Å². The number of nitrogens with one attached hydrogen (secondary N) is 1. The molecule has 1 amide bonds. The van der Waals surface area contributed by atoms with Crippen molar-refractivity contribution in [3.8, 4) is 0 Å². The third-order valence-corrected chi connectivity index (χ3v) is 5.71. The molecular weight excluding hydrogens is 343 g/mol. The van der Waals surface area contributed by atoms with Crippen LogP contribution in [0.25, 0.3) is 0 Å². The van der Waals surface area contributed by atoms with Crippen molar-refractivity contribution in [2.24, 2.45) is 0 Å². The third-order valence-electron chi connectivity index (χ3n) is 5.71. The monoisotopic (exact) mass is 372 g/mol. The lowest BCUT2D eigenvalue weighted by Gasteiger charge is -2.27. The molecule has 1 aliphatic rings. The highest BCUT2D eigenvalue weighted by molar-refractivity contribution is 5.76. The van der Waals surface area contributed by atoms with E-state index in [1.54, 1.807) is 17.0 Å². The first-order chi connectivity index (χ1) is 13.0. The van der Waals surface area contributed by atoms with Gasteiger partial charge in [-0.15, -0.1) is 0 Å². The minimum Gasteiger partial charge on any atom is -0.338 e. The number of likely N-dealkylation sites (N-methyl/N-ethyl adjacent to an activating group) is 1. The van der Waals surface area contributed by atoms with E-state index in [1.165, 1.54) is 11.6 Å². The van der Waals surface area contributed by atoms with Crippen LogP contribution in [-0.2, 0) is 17.8 Å². The van der Waals surface area contributed by atoms with Crippen LogP contribution < -0.4 is 0 Å². The SMILES string of the molecule is Cc1n[nH]c(C)c1CCN(C)C1CCC(=O)N(Cc2ccccc2F)CC1. The van der Waals surface area contributed by atoms with Crippen molar-refractivity contribution in [3.63, 3.8) is 0 Å². The molecule has 1 saturated heterocycles. The molecule has 2 heterocycles. The van der Waals surface area contributed by atoms with E-state index in [0.717, 1.165) is 37.2 Å². The van der Waals surface area contributed by atoms with E-state index >= 15 is 0 Å². The number of amides is 1. The Kier molecular flexibility index (Phi) is 6.26. The second-order valence-electron chi connectivity index (χ2n) is 7.53. The minimum absolute atomic E-state index is 0.121. The lowest BCUT2D eigenvalue weighted by atomic mass is 10.1. The van der Waals surface area contributed by atoms with Crippen LogP contribution in [0.2, 0.25) is 0 Å². The number of likely N-dealkylation sites (tertiary alicyclic amines) is 1. The Labute approximate surface area is 160 Å². The van der Waals surface area contributed by atoms with Crippen LogP contribution in [0, 0.1) is 19.7 Å². The number of hydrogen-bond donors (Lipinski definition) is 1. The highest BCUT2D eigenvalue weighted by atomic mass is 19.1.